The molecule has 0 saturated heterocycles. The number of ether oxygens (including phenoxy) is 3. The van der Waals surface area contributed by atoms with Crippen LogP contribution in [-0.4, -0.2) is 68.1 Å². The summed E-state index contributed by atoms with van der Waals surface area (Å²) in [4.78, 5) is 47.8. The summed E-state index contributed by atoms with van der Waals surface area (Å²) in [6.45, 7) is 1.67. The molecule has 1 aliphatic carbocycles. The Labute approximate surface area is 202 Å². The number of benzene rings is 2. The molecule has 2 aromatic carbocycles. The summed E-state index contributed by atoms with van der Waals surface area (Å²) in [6, 6.07) is 14.1. The molecule has 0 radical (unpaired) electrons. The van der Waals surface area contributed by atoms with Crippen LogP contribution >= 0.6 is 0 Å². The molecule has 0 bridgehead atoms. The molecule has 0 aromatic heterocycles. The van der Waals surface area contributed by atoms with Gasteiger partial charge >= 0.3 is 18.0 Å². The molecular weight excluding hydrogens is 456 g/mol. The second-order valence-corrected chi connectivity index (χ2v) is 7.70. The van der Waals surface area contributed by atoms with Gasteiger partial charge in [0.05, 0.1) is 26.2 Å². The zero-order valence-corrected chi connectivity index (χ0v) is 19.3. The molecule has 3 rings (SSSR count). The van der Waals surface area contributed by atoms with Crippen LogP contribution in [0.1, 0.15) is 30.4 Å². The predicted octanol–water partition coefficient (Wildman–Crippen LogP) is 2.06. The first-order valence-corrected chi connectivity index (χ1v) is 11.3. The highest BCUT2D eigenvalue weighted by molar-refractivity contribution is 6.04. The van der Waals surface area contributed by atoms with Crippen LogP contribution in [0.15, 0.2) is 48.5 Å². The topological polar surface area (TPSA) is 140 Å². The van der Waals surface area contributed by atoms with Crippen molar-refractivity contribution in [2.45, 2.75) is 25.3 Å². The van der Waals surface area contributed by atoms with Crippen molar-refractivity contribution in [1.82, 2.24) is 10.6 Å². The Kier molecular flexibility index (Phi) is 9.19. The third kappa shape index (κ3) is 6.80. The van der Waals surface area contributed by atoms with Crippen LogP contribution in [0.25, 0.3) is 11.1 Å². The standard InChI is InChI=1S/C25H28N2O8/c1-2-34-24(31)22(23(30)26-12-14-33-13-11-21(28)29)27-25(32)35-15-20-18-9-5-3-7-16(18)17-8-4-6-10-19(17)20/h3-10,20,22H,2,11-15H2,1H3,(H,26,30)(H,27,32)(H,28,29). The number of alkyl carbamates (subject to hydrolysis) is 1. The third-order valence-electron chi connectivity index (χ3n) is 5.40. The Bertz CT molecular complexity index is 1030. The lowest BCUT2D eigenvalue weighted by Gasteiger charge is -2.18. The van der Waals surface area contributed by atoms with E-state index in [4.69, 9.17) is 19.3 Å². The van der Waals surface area contributed by atoms with Gasteiger partial charge in [-0.15, -0.1) is 0 Å². The largest absolute Gasteiger partial charge is 0.481 e. The normalized spacial score (nSPS) is 12.7. The smallest absolute Gasteiger partial charge is 0.408 e. The molecule has 0 heterocycles. The summed E-state index contributed by atoms with van der Waals surface area (Å²) in [5.74, 6) is -2.89. The van der Waals surface area contributed by atoms with Gasteiger partial charge in [-0.1, -0.05) is 48.5 Å². The lowest BCUT2D eigenvalue weighted by atomic mass is 9.98. The van der Waals surface area contributed by atoms with Gasteiger partial charge in [0.1, 0.15) is 6.61 Å². The van der Waals surface area contributed by atoms with Gasteiger partial charge in [0.2, 0.25) is 6.04 Å². The van der Waals surface area contributed by atoms with E-state index in [9.17, 15) is 19.2 Å². The lowest BCUT2D eigenvalue weighted by Crippen LogP contribution is -2.52. The number of aliphatic carboxylic acids is 1. The van der Waals surface area contributed by atoms with Gasteiger partial charge in [0, 0.05) is 12.5 Å². The summed E-state index contributed by atoms with van der Waals surface area (Å²) >= 11 is 0. The van der Waals surface area contributed by atoms with Crippen molar-refractivity contribution >= 4 is 23.9 Å². The van der Waals surface area contributed by atoms with Crippen LogP contribution in [-0.2, 0) is 28.6 Å². The van der Waals surface area contributed by atoms with Crippen molar-refractivity contribution in [3.8, 4) is 11.1 Å². The maximum atomic E-state index is 12.5. The SMILES string of the molecule is CCOC(=O)C(NC(=O)OCC1c2ccccc2-c2ccccc21)C(=O)NCCOCCC(=O)O. The predicted molar refractivity (Wildman–Crippen MR) is 125 cm³/mol. The van der Waals surface area contributed by atoms with Crippen LogP contribution in [0.3, 0.4) is 0 Å². The number of carboxylic acids is 1. The number of nitrogens with one attached hydrogen (secondary N) is 2. The summed E-state index contributed by atoms with van der Waals surface area (Å²) in [7, 11) is 0. The first-order valence-electron chi connectivity index (χ1n) is 11.3. The summed E-state index contributed by atoms with van der Waals surface area (Å²) in [5, 5.41) is 13.3. The molecule has 3 N–H and O–H groups in total. The summed E-state index contributed by atoms with van der Waals surface area (Å²) in [5.41, 5.74) is 4.21. The fraction of sp³-hybridized carbons (Fsp3) is 0.360. The first-order chi connectivity index (χ1) is 16.9. The Balaban J connectivity index is 1.56. The molecule has 0 aliphatic heterocycles. The van der Waals surface area contributed by atoms with Crippen molar-refractivity contribution < 1.29 is 38.5 Å². The van der Waals surface area contributed by atoms with Gasteiger partial charge < -0.3 is 24.6 Å². The third-order valence-corrected chi connectivity index (χ3v) is 5.40. The van der Waals surface area contributed by atoms with Crippen LogP contribution in [0.4, 0.5) is 4.79 Å². The number of carbonyl (C=O) groups is 4. The van der Waals surface area contributed by atoms with E-state index in [1.807, 2.05) is 48.5 Å². The molecule has 35 heavy (non-hydrogen) atoms. The number of hydrogen-bond donors (Lipinski definition) is 3. The van der Waals surface area contributed by atoms with Crippen LogP contribution in [0.5, 0.6) is 0 Å². The Morgan fingerprint density at radius 2 is 1.57 bits per heavy atom. The minimum absolute atomic E-state index is 0.00942. The van der Waals surface area contributed by atoms with Gasteiger partial charge in [-0.05, 0) is 29.2 Å². The van der Waals surface area contributed by atoms with E-state index in [-0.39, 0.29) is 45.3 Å². The number of fused-ring (bicyclic) bond motifs is 3. The molecule has 2 amide bonds. The molecule has 10 nitrogen and oxygen atoms in total. The van der Waals surface area contributed by atoms with E-state index in [0.29, 0.717) is 0 Å². The van der Waals surface area contributed by atoms with E-state index in [1.165, 1.54) is 0 Å². The second-order valence-electron chi connectivity index (χ2n) is 7.70. The second kappa shape index (κ2) is 12.5. The fourth-order valence-corrected chi connectivity index (χ4v) is 3.83. The lowest BCUT2D eigenvalue weighted by molar-refractivity contribution is -0.149. The Morgan fingerprint density at radius 1 is 0.943 bits per heavy atom. The molecule has 0 spiro atoms. The highest BCUT2D eigenvalue weighted by Gasteiger charge is 2.32. The first kappa shape index (κ1) is 25.7. The van der Waals surface area contributed by atoms with Gasteiger partial charge in [-0.25, -0.2) is 9.59 Å². The van der Waals surface area contributed by atoms with Gasteiger partial charge in [0.15, 0.2) is 0 Å². The Hall–Kier alpha value is -3.92. The van der Waals surface area contributed by atoms with Gasteiger partial charge in [-0.2, -0.15) is 0 Å². The number of carbonyl (C=O) groups excluding carboxylic acids is 3. The van der Waals surface area contributed by atoms with Crippen molar-refractivity contribution in [3.05, 3.63) is 59.7 Å². The molecule has 2 aromatic rings. The van der Waals surface area contributed by atoms with Crippen LogP contribution < -0.4 is 10.6 Å². The van der Waals surface area contributed by atoms with Crippen molar-refractivity contribution in [3.63, 3.8) is 0 Å². The van der Waals surface area contributed by atoms with E-state index < -0.39 is 30.0 Å². The van der Waals surface area contributed by atoms with E-state index >= 15 is 0 Å². The molecule has 1 atom stereocenters. The van der Waals surface area contributed by atoms with Crippen molar-refractivity contribution in [2.24, 2.45) is 0 Å². The highest BCUT2D eigenvalue weighted by atomic mass is 16.6. The van der Waals surface area contributed by atoms with Crippen LogP contribution in [0.2, 0.25) is 0 Å². The van der Waals surface area contributed by atoms with Gasteiger partial charge in [0.25, 0.3) is 5.91 Å². The van der Waals surface area contributed by atoms with Crippen LogP contribution in [0, 0.1) is 0 Å². The Morgan fingerprint density at radius 3 is 2.17 bits per heavy atom. The molecule has 10 heteroatoms. The molecule has 1 unspecified atom stereocenters. The highest BCUT2D eigenvalue weighted by Crippen LogP contribution is 2.44. The fourth-order valence-electron chi connectivity index (χ4n) is 3.83. The maximum absolute atomic E-state index is 12.5. The average Bonchev–Trinajstić information content (AvgIpc) is 3.17. The minimum atomic E-state index is -1.61. The van der Waals surface area contributed by atoms with Gasteiger partial charge in [-0.3, -0.25) is 14.9 Å². The zero-order chi connectivity index (χ0) is 25.2. The van der Waals surface area contributed by atoms with Crippen molar-refractivity contribution in [2.75, 3.05) is 33.0 Å². The zero-order valence-electron chi connectivity index (χ0n) is 19.3. The number of amides is 2. The number of hydrogen-bond acceptors (Lipinski definition) is 7. The number of rotatable bonds is 12. The van der Waals surface area contributed by atoms with E-state index in [0.717, 1.165) is 22.3 Å². The molecule has 0 fully saturated rings. The number of carboxylic acid groups (broad SMARTS) is 1. The monoisotopic (exact) mass is 484 g/mol. The quantitative estimate of drug-likeness (QED) is 0.236. The summed E-state index contributed by atoms with van der Waals surface area (Å²) < 4.78 is 15.4. The average molecular weight is 485 g/mol. The molecule has 186 valence electrons. The van der Waals surface area contributed by atoms with E-state index in [2.05, 4.69) is 10.6 Å². The number of esters is 1. The van der Waals surface area contributed by atoms with E-state index in [1.54, 1.807) is 6.92 Å². The summed E-state index contributed by atoms with van der Waals surface area (Å²) in [6.07, 6.45) is -1.10. The molecular formula is C25H28N2O8. The minimum Gasteiger partial charge on any atom is -0.481 e. The van der Waals surface area contributed by atoms with Crippen molar-refractivity contribution in [1.29, 1.82) is 0 Å². The maximum Gasteiger partial charge on any atom is 0.408 e. The molecule has 0 saturated carbocycles. The molecule has 1 aliphatic rings.